The first kappa shape index (κ1) is 19.9. The van der Waals surface area contributed by atoms with Gasteiger partial charge in [-0.25, -0.2) is 0 Å². The van der Waals surface area contributed by atoms with Gasteiger partial charge in [-0.3, -0.25) is 4.79 Å². The molecule has 2 aliphatic rings. The number of fused-ring (bicyclic) bond motifs is 3. The van der Waals surface area contributed by atoms with E-state index < -0.39 is 0 Å². The van der Waals surface area contributed by atoms with Crippen molar-refractivity contribution < 1.29 is 4.79 Å². The van der Waals surface area contributed by atoms with E-state index in [1.807, 2.05) is 12.1 Å². The van der Waals surface area contributed by atoms with Crippen LogP contribution in [0, 0.1) is 0 Å². The van der Waals surface area contributed by atoms with Crippen molar-refractivity contribution in [2.24, 2.45) is 0 Å². The Hall–Kier alpha value is -3.07. The lowest BCUT2D eigenvalue weighted by Gasteiger charge is -2.37. The van der Waals surface area contributed by atoms with Crippen molar-refractivity contribution >= 4 is 16.8 Å². The summed E-state index contributed by atoms with van der Waals surface area (Å²) in [6.07, 6.45) is 9.70. The number of rotatable bonds is 2. The molecule has 0 spiro atoms. The summed E-state index contributed by atoms with van der Waals surface area (Å²) in [7, 11) is 0. The quantitative estimate of drug-likeness (QED) is 0.515. The van der Waals surface area contributed by atoms with Gasteiger partial charge in [0.2, 0.25) is 0 Å². The van der Waals surface area contributed by atoms with Crippen LogP contribution in [0.25, 0.3) is 10.9 Å². The minimum absolute atomic E-state index is 0.0671. The summed E-state index contributed by atoms with van der Waals surface area (Å²) < 4.78 is 0. The number of para-hydroxylation sites is 1. The first-order chi connectivity index (χ1) is 14.9. The molecule has 31 heavy (non-hydrogen) atoms. The molecule has 0 fully saturated rings. The summed E-state index contributed by atoms with van der Waals surface area (Å²) in [5.74, 6) is 0.106. The number of hydrogen-bond donors (Lipinski definition) is 1. The number of nitrogens with zero attached hydrogens (tertiary/aromatic N) is 1. The van der Waals surface area contributed by atoms with Crippen LogP contribution in [0.15, 0.2) is 72.3 Å². The number of amides is 1. The minimum Gasteiger partial charge on any atom is -0.356 e. The van der Waals surface area contributed by atoms with Crippen LogP contribution >= 0.6 is 0 Å². The van der Waals surface area contributed by atoms with E-state index in [4.69, 9.17) is 0 Å². The van der Waals surface area contributed by atoms with E-state index in [1.54, 1.807) is 0 Å². The number of aromatic amines is 1. The maximum Gasteiger partial charge on any atom is 0.254 e. The summed E-state index contributed by atoms with van der Waals surface area (Å²) >= 11 is 0. The van der Waals surface area contributed by atoms with E-state index in [9.17, 15) is 4.79 Å². The fourth-order valence-corrected chi connectivity index (χ4v) is 4.92. The van der Waals surface area contributed by atoms with Gasteiger partial charge in [0.05, 0.1) is 6.04 Å². The Labute approximate surface area is 184 Å². The highest BCUT2D eigenvalue weighted by Gasteiger charge is 2.35. The van der Waals surface area contributed by atoms with Crippen molar-refractivity contribution in [3.8, 4) is 0 Å². The Balaban J connectivity index is 1.56. The molecule has 1 aliphatic carbocycles. The smallest absolute Gasteiger partial charge is 0.254 e. The molecule has 1 N–H and O–H groups in total. The lowest BCUT2D eigenvalue weighted by Crippen LogP contribution is -2.41. The zero-order chi connectivity index (χ0) is 21.6. The molecule has 1 unspecified atom stereocenters. The molecule has 1 aromatic heterocycles. The van der Waals surface area contributed by atoms with Crippen molar-refractivity contribution in [1.29, 1.82) is 0 Å². The third-order valence-electron chi connectivity index (χ3n) is 6.63. The van der Waals surface area contributed by atoms with Gasteiger partial charge in [-0.1, -0.05) is 69.3 Å². The number of H-pyrrole nitrogens is 1. The molecule has 2 heterocycles. The van der Waals surface area contributed by atoms with Gasteiger partial charge in [-0.05, 0) is 59.6 Å². The molecule has 1 aliphatic heterocycles. The molecule has 2 aromatic carbocycles. The number of carbonyl (C=O) groups excluding carboxylic acids is 1. The Morgan fingerprint density at radius 1 is 1.03 bits per heavy atom. The molecule has 0 radical (unpaired) electrons. The first-order valence-corrected chi connectivity index (χ1v) is 11.3. The lowest BCUT2D eigenvalue weighted by atomic mass is 9.86. The summed E-state index contributed by atoms with van der Waals surface area (Å²) in [6, 6.07) is 16.6. The number of allylic oxidation sites excluding steroid dienone is 2. The Bertz CT molecular complexity index is 1190. The molecule has 5 rings (SSSR count). The molecule has 0 saturated carbocycles. The fourth-order valence-electron chi connectivity index (χ4n) is 4.92. The standard InChI is InChI=1S/C28H30N2O/c1-28(2,3)21-15-13-20(14-16-21)27(31)30-18-17-23-22-11-7-8-12-24(22)29-25(23)26(30)19-9-5-4-6-10-19/h5,7-16,26,29H,4,6,17-18H2,1-3H3. The molecule has 3 nitrogen and oxygen atoms in total. The zero-order valence-corrected chi connectivity index (χ0v) is 18.6. The third kappa shape index (κ3) is 3.52. The summed E-state index contributed by atoms with van der Waals surface area (Å²) in [6.45, 7) is 7.32. The summed E-state index contributed by atoms with van der Waals surface area (Å²) in [5, 5.41) is 1.28. The van der Waals surface area contributed by atoms with E-state index in [0.717, 1.165) is 36.9 Å². The average molecular weight is 411 g/mol. The van der Waals surface area contributed by atoms with E-state index in [2.05, 4.69) is 85.3 Å². The predicted molar refractivity (Wildman–Crippen MR) is 127 cm³/mol. The summed E-state index contributed by atoms with van der Waals surface area (Å²) in [5.41, 5.74) is 6.98. The monoisotopic (exact) mass is 410 g/mol. The maximum absolute atomic E-state index is 13.7. The van der Waals surface area contributed by atoms with Gasteiger partial charge in [-0.15, -0.1) is 0 Å². The SMILES string of the molecule is CC(C)(C)c1ccc(C(=O)N2CCc3c([nH]c4ccccc34)C2C2=CCCC=C2)cc1. The van der Waals surface area contributed by atoms with Gasteiger partial charge < -0.3 is 9.88 Å². The zero-order valence-electron chi connectivity index (χ0n) is 18.6. The van der Waals surface area contributed by atoms with E-state index in [0.29, 0.717) is 0 Å². The second kappa shape index (κ2) is 7.56. The van der Waals surface area contributed by atoms with Gasteiger partial charge in [0.25, 0.3) is 5.91 Å². The van der Waals surface area contributed by atoms with Crippen LogP contribution in [-0.2, 0) is 11.8 Å². The van der Waals surface area contributed by atoms with Gasteiger partial charge in [0, 0.05) is 28.7 Å². The molecule has 1 atom stereocenters. The molecular weight excluding hydrogens is 380 g/mol. The molecule has 3 aromatic rings. The van der Waals surface area contributed by atoms with Crippen molar-refractivity contribution in [3.05, 3.63) is 94.7 Å². The minimum atomic E-state index is -0.0671. The Morgan fingerprint density at radius 2 is 1.81 bits per heavy atom. The predicted octanol–water partition coefficient (Wildman–Crippen LogP) is 6.48. The maximum atomic E-state index is 13.7. The normalized spacial score (nSPS) is 18.7. The molecular formula is C28H30N2O. The molecule has 3 heteroatoms. The number of aromatic nitrogens is 1. The molecule has 0 saturated heterocycles. The molecule has 0 bridgehead atoms. The second-order valence-electron chi connectivity index (χ2n) is 9.73. The Kier molecular flexibility index (Phi) is 4.85. The average Bonchev–Trinajstić information content (AvgIpc) is 3.17. The van der Waals surface area contributed by atoms with Crippen LogP contribution in [-0.4, -0.2) is 22.3 Å². The molecule has 158 valence electrons. The lowest BCUT2D eigenvalue weighted by molar-refractivity contribution is 0.0691. The number of carbonyl (C=O) groups is 1. The van der Waals surface area contributed by atoms with Crippen molar-refractivity contribution in [3.63, 3.8) is 0 Å². The fraction of sp³-hybridized carbons (Fsp3) is 0.321. The van der Waals surface area contributed by atoms with Gasteiger partial charge >= 0.3 is 0 Å². The van der Waals surface area contributed by atoms with E-state index in [-0.39, 0.29) is 17.4 Å². The van der Waals surface area contributed by atoms with Crippen LogP contribution in [0.2, 0.25) is 0 Å². The van der Waals surface area contributed by atoms with Gasteiger partial charge in [0.15, 0.2) is 0 Å². The van der Waals surface area contributed by atoms with Crippen LogP contribution in [0.1, 0.15) is 66.8 Å². The Morgan fingerprint density at radius 3 is 2.52 bits per heavy atom. The number of hydrogen-bond acceptors (Lipinski definition) is 1. The van der Waals surface area contributed by atoms with Crippen molar-refractivity contribution in [2.75, 3.05) is 6.54 Å². The van der Waals surface area contributed by atoms with Crippen LogP contribution in [0.4, 0.5) is 0 Å². The van der Waals surface area contributed by atoms with E-state index in [1.165, 1.54) is 27.8 Å². The second-order valence-corrected chi connectivity index (χ2v) is 9.73. The van der Waals surface area contributed by atoms with Gasteiger partial charge in [-0.2, -0.15) is 0 Å². The van der Waals surface area contributed by atoms with Crippen molar-refractivity contribution in [1.82, 2.24) is 9.88 Å². The van der Waals surface area contributed by atoms with Crippen LogP contribution < -0.4 is 0 Å². The van der Waals surface area contributed by atoms with Crippen LogP contribution in [0.3, 0.4) is 0 Å². The largest absolute Gasteiger partial charge is 0.356 e. The number of benzene rings is 2. The number of nitrogens with one attached hydrogen (secondary N) is 1. The first-order valence-electron chi connectivity index (χ1n) is 11.3. The van der Waals surface area contributed by atoms with E-state index >= 15 is 0 Å². The summed E-state index contributed by atoms with van der Waals surface area (Å²) in [4.78, 5) is 19.4. The third-order valence-corrected chi connectivity index (χ3v) is 6.63. The van der Waals surface area contributed by atoms with Crippen LogP contribution in [0.5, 0.6) is 0 Å². The highest BCUT2D eigenvalue weighted by molar-refractivity contribution is 5.95. The molecule has 1 amide bonds. The highest BCUT2D eigenvalue weighted by atomic mass is 16.2. The highest BCUT2D eigenvalue weighted by Crippen LogP contribution is 2.40. The topological polar surface area (TPSA) is 36.1 Å². The van der Waals surface area contributed by atoms with Crippen molar-refractivity contribution in [2.45, 2.75) is 51.5 Å². The van der Waals surface area contributed by atoms with Gasteiger partial charge in [0.1, 0.15) is 0 Å².